The summed E-state index contributed by atoms with van der Waals surface area (Å²) in [6, 6.07) is 7.81. The molecule has 2 rings (SSSR count). The highest BCUT2D eigenvalue weighted by atomic mass is 16.5. The van der Waals surface area contributed by atoms with Crippen molar-refractivity contribution in [1.29, 1.82) is 0 Å². The second kappa shape index (κ2) is 10.0. The van der Waals surface area contributed by atoms with Crippen LogP contribution in [0.4, 0.5) is 0 Å². The van der Waals surface area contributed by atoms with Gasteiger partial charge in [-0.2, -0.15) is 0 Å². The van der Waals surface area contributed by atoms with Crippen LogP contribution in [0.25, 0.3) is 0 Å². The van der Waals surface area contributed by atoms with Gasteiger partial charge in [-0.25, -0.2) is 0 Å². The van der Waals surface area contributed by atoms with Crippen LogP contribution < -0.4 is 10.5 Å². The Morgan fingerprint density at radius 1 is 1.00 bits per heavy atom. The second-order valence-corrected chi connectivity index (χ2v) is 6.36. The lowest BCUT2D eigenvalue weighted by Crippen LogP contribution is -2.37. The number of methoxy groups -OCH3 is 1. The van der Waals surface area contributed by atoms with Crippen molar-refractivity contribution in [2.45, 2.75) is 32.1 Å². The van der Waals surface area contributed by atoms with Crippen LogP contribution in [-0.2, 0) is 16.0 Å². The van der Waals surface area contributed by atoms with Gasteiger partial charge in [0.05, 0.1) is 7.11 Å². The van der Waals surface area contributed by atoms with Gasteiger partial charge in [0.15, 0.2) is 0 Å². The molecule has 0 aromatic heterocycles. The maximum atomic E-state index is 12.5. The van der Waals surface area contributed by atoms with E-state index in [0.717, 1.165) is 43.7 Å². The van der Waals surface area contributed by atoms with Crippen LogP contribution in [0.2, 0.25) is 0 Å². The van der Waals surface area contributed by atoms with Gasteiger partial charge < -0.3 is 20.3 Å². The van der Waals surface area contributed by atoms with Crippen LogP contribution in [0.5, 0.6) is 5.75 Å². The molecule has 138 valence electrons. The standard InChI is InChI=1S/C19H29N3O3/c1-25-17-8-5-16(6-9-17)7-10-19(24)22-13-3-12-21(14-15-22)18(23)4-2-11-20/h5-6,8-9H,2-4,7,10-15,20H2,1H3. The Bertz CT molecular complexity index is 560. The number of rotatable bonds is 7. The van der Waals surface area contributed by atoms with Crippen LogP contribution in [0.15, 0.2) is 24.3 Å². The number of amides is 2. The number of carbonyl (C=O) groups excluding carboxylic acids is 2. The summed E-state index contributed by atoms with van der Waals surface area (Å²) in [7, 11) is 1.64. The molecule has 1 aliphatic heterocycles. The number of aryl methyl sites for hydroxylation is 1. The van der Waals surface area contributed by atoms with Gasteiger partial charge in [0, 0.05) is 39.0 Å². The minimum absolute atomic E-state index is 0.151. The molecule has 0 spiro atoms. The summed E-state index contributed by atoms with van der Waals surface area (Å²) in [6.45, 7) is 3.23. The van der Waals surface area contributed by atoms with Crippen molar-refractivity contribution in [2.75, 3.05) is 39.8 Å². The molecule has 1 saturated heterocycles. The summed E-state index contributed by atoms with van der Waals surface area (Å²) in [5.41, 5.74) is 6.59. The number of ether oxygens (including phenoxy) is 1. The van der Waals surface area contributed by atoms with Crippen LogP contribution in [0.1, 0.15) is 31.2 Å². The van der Waals surface area contributed by atoms with E-state index in [9.17, 15) is 9.59 Å². The average molecular weight is 347 g/mol. The summed E-state index contributed by atoms with van der Waals surface area (Å²) in [4.78, 5) is 28.3. The molecule has 1 fully saturated rings. The minimum atomic E-state index is 0.151. The quantitative estimate of drug-likeness (QED) is 0.809. The summed E-state index contributed by atoms with van der Waals surface area (Å²) in [6.07, 6.45) is 3.27. The first-order chi connectivity index (χ1) is 12.1. The van der Waals surface area contributed by atoms with Crippen molar-refractivity contribution in [3.05, 3.63) is 29.8 Å². The number of nitrogens with two attached hydrogens (primary N) is 1. The predicted octanol–water partition coefficient (Wildman–Crippen LogP) is 1.43. The van der Waals surface area contributed by atoms with Gasteiger partial charge in [-0.1, -0.05) is 12.1 Å². The van der Waals surface area contributed by atoms with E-state index >= 15 is 0 Å². The molecule has 0 atom stereocenters. The Labute approximate surface area is 149 Å². The Balaban J connectivity index is 1.78. The van der Waals surface area contributed by atoms with Crippen molar-refractivity contribution in [1.82, 2.24) is 9.80 Å². The zero-order chi connectivity index (χ0) is 18.1. The lowest BCUT2D eigenvalue weighted by molar-refractivity contribution is -0.133. The highest BCUT2D eigenvalue weighted by molar-refractivity contribution is 5.78. The van der Waals surface area contributed by atoms with Crippen LogP contribution in [0, 0.1) is 0 Å². The van der Waals surface area contributed by atoms with E-state index in [2.05, 4.69) is 0 Å². The zero-order valence-corrected chi connectivity index (χ0v) is 15.1. The molecule has 0 unspecified atom stereocenters. The molecule has 1 heterocycles. The van der Waals surface area contributed by atoms with E-state index < -0.39 is 0 Å². The summed E-state index contributed by atoms with van der Waals surface area (Å²) < 4.78 is 5.14. The Morgan fingerprint density at radius 2 is 1.60 bits per heavy atom. The molecule has 0 aliphatic carbocycles. The molecular formula is C19H29N3O3. The maximum absolute atomic E-state index is 12.5. The van der Waals surface area contributed by atoms with Gasteiger partial charge in [-0.3, -0.25) is 9.59 Å². The first-order valence-corrected chi connectivity index (χ1v) is 9.02. The number of nitrogens with zero attached hydrogens (tertiary/aromatic N) is 2. The van der Waals surface area contributed by atoms with Crippen molar-refractivity contribution < 1.29 is 14.3 Å². The monoisotopic (exact) mass is 347 g/mol. The number of benzene rings is 1. The van der Waals surface area contributed by atoms with Gasteiger partial charge >= 0.3 is 0 Å². The average Bonchev–Trinajstić information content (AvgIpc) is 2.91. The molecule has 0 bridgehead atoms. The first kappa shape index (κ1) is 19.2. The third-order valence-electron chi connectivity index (χ3n) is 4.58. The van der Waals surface area contributed by atoms with Gasteiger partial charge in [-0.05, 0) is 43.5 Å². The van der Waals surface area contributed by atoms with E-state index in [1.54, 1.807) is 7.11 Å². The Hall–Kier alpha value is -2.08. The molecule has 1 aliphatic rings. The van der Waals surface area contributed by atoms with E-state index in [4.69, 9.17) is 10.5 Å². The van der Waals surface area contributed by atoms with Crippen molar-refractivity contribution >= 4 is 11.8 Å². The Morgan fingerprint density at radius 3 is 2.16 bits per heavy atom. The highest BCUT2D eigenvalue weighted by Crippen LogP contribution is 2.14. The van der Waals surface area contributed by atoms with Gasteiger partial charge in [-0.15, -0.1) is 0 Å². The van der Waals surface area contributed by atoms with Crippen molar-refractivity contribution in [2.24, 2.45) is 5.73 Å². The number of hydrogen-bond acceptors (Lipinski definition) is 4. The van der Waals surface area contributed by atoms with E-state index in [-0.39, 0.29) is 11.8 Å². The number of carbonyl (C=O) groups is 2. The number of hydrogen-bond donors (Lipinski definition) is 1. The molecule has 2 amide bonds. The molecule has 6 nitrogen and oxygen atoms in total. The molecule has 2 N–H and O–H groups in total. The van der Waals surface area contributed by atoms with Crippen LogP contribution >= 0.6 is 0 Å². The van der Waals surface area contributed by atoms with Gasteiger partial charge in [0.2, 0.25) is 11.8 Å². The normalized spacial score (nSPS) is 15.0. The summed E-state index contributed by atoms with van der Waals surface area (Å²) in [5.74, 6) is 1.13. The zero-order valence-electron chi connectivity index (χ0n) is 15.1. The van der Waals surface area contributed by atoms with Gasteiger partial charge in [0.1, 0.15) is 5.75 Å². The smallest absolute Gasteiger partial charge is 0.222 e. The fraction of sp³-hybridized carbons (Fsp3) is 0.579. The maximum Gasteiger partial charge on any atom is 0.222 e. The van der Waals surface area contributed by atoms with Crippen molar-refractivity contribution in [3.63, 3.8) is 0 Å². The van der Waals surface area contributed by atoms with E-state index in [0.29, 0.717) is 32.5 Å². The molecule has 1 aromatic carbocycles. The van der Waals surface area contributed by atoms with Crippen LogP contribution in [-0.4, -0.2) is 61.4 Å². The SMILES string of the molecule is COc1ccc(CCC(=O)N2CCCN(C(=O)CCCN)CC2)cc1. The third kappa shape index (κ3) is 6.05. The van der Waals surface area contributed by atoms with E-state index in [1.807, 2.05) is 34.1 Å². The molecule has 0 saturated carbocycles. The minimum Gasteiger partial charge on any atom is -0.497 e. The molecule has 25 heavy (non-hydrogen) atoms. The molecule has 6 heteroatoms. The van der Waals surface area contributed by atoms with Crippen molar-refractivity contribution in [3.8, 4) is 5.75 Å². The molecular weight excluding hydrogens is 318 g/mol. The lowest BCUT2D eigenvalue weighted by Gasteiger charge is -2.22. The topological polar surface area (TPSA) is 75.9 Å². The fourth-order valence-electron chi connectivity index (χ4n) is 3.03. The lowest BCUT2D eigenvalue weighted by atomic mass is 10.1. The predicted molar refractivity (Wildman–Crippen MR) is 97.4 cm³/mol. The highest BCUT2D eigenvalue weighted by Gasteiger charge is 2.21. The second-order valence-electron chi connectivity index (χ2n) is 6.36. The van der Waals surface area contributed by atoms with E-state index in [1.165, 1.54) is 0 Å². The first-order valence-electron chi connectivity index (χ1n) is 9.02. The molecule has 1 aromatic rings. The van der Waals surface area contributed by atoms with Crippen LogP contribution in [0.3, 0.4) is 0 Å². The summed E-state index contributed by atoms with van der Waals surface area (Å²) in [5, 5.41) is 0. The third-order valence-corrected chi connectivity index (χ3v) is 4.58. The molecule has 0 radical (unpaired) electrons. The Kier molecular flexibility index (Phi) is 7.73. The fourth-order valence-corrected chi connectivity index (χ4v) is 3.03. The summed E-state index contributed by atoms with van der Waals surface area (Å²) >= 11 is 0. The largest absolute Gasteiger partial charge is 0.497 e. The van der Waals surface area contributed by atoms with Gasteiger partial charge in [0.25, 0.3) is 0 Å².